The fourth-order valence-electron chi connectivity index (χ4n) is 3.20. The normalized spacial score (nSPS) is 11.6. The molecule has 0 atom stereocenters. The van der Waals surface area contributed by atoms with E-state index in [1.165, 1.54) is 11.6 Å². The van der Waals surface area contributed by atoms with Crippen LogP contribution in [0.1, 0.15) is 0 Å². The van der Waals surface area contributed by atoms with Crippen LogP contribution in [0.4, 0.5) is 0 Å². The average molecular weight is 338 g/mol. The quantitative estimate of drug-likeness (QED) is 0.582. The molecule has 8 nitrogen and oxygen atoms in total. The van der Waals surface area contributed by atoms with Crippen molar-refractivity contribution in [1.82, 2.24) is 23.1 Å². The standard InChI is InChI=1S/C17H18N6O2/c1-20-14-13(15(24)21(2)17(20)25)23-10-12(11-6-4-3-5-7-11)22(9-8-18)16(23)19-14/h3-7,10H,8-9,18H2,1-2H3. The minimum atomic E-state index is -0.396. The number of hydrogen-bond donors (Lipinski definition) is 1. The van der Waals surface area contributed by atoms with Gasteiger partial charge in [-0.1, -0.05) is 30.3 Å². The van der Waals surface area contributed by atoms with E-state index < -0.39 is 5.69 Å². The molecule has 3 heterocycles. The molecule has 3 aromatic heterocycles. The van der Waals surface area contributed by atoms with Crippen molar-refractivity contribution in [3.8, 4) is 11.3 Å². The van der Waals surface area contributed by atoms with E-state index in [9.17, 15) is 9.59 Å². The molecule has 8 heteroatoms. The summed E-state index contributed by atoms with van der Waals surface area (Å²) in [6, 6.07) is 9.86. The molecule has 0 spiro atoms. The molecule has 0 aliphatic carbocycles. The number of aromatic nitrogens is 5. The van der Waals surface area contributed by atoms with E-state index in [0.29, 0.717) is 30.0 Å². The van der Waals surface area contributed by atoms with Crippen molar-refractivity contribution in [2.45, 2.75) is 6.54 Å². The van der Waals surface area contributed by atoms with Crippen LogP contribution < -0.4 is 17.0 Å². The second kappa shape index (κ2) is 5.45. The Bertz CT molecular complexity index is 1210. The lowest BCUT2D eigenvalue weighted by Gasteiger charge is -2.07. The molecule has 0 aliphatic heterocycles. The predicted octanol–water partition coefficient (Wildman–Crippen LogP) is 0.312. The highest BCUT2D eigenvalue weighted by molar-refractivity contribution is 5.78. The van der Waals surface area contributed by atoms with Crippen LogP contribution in [0.5, 0.6) is 0 Å². The van der Waals surface area contributed by atoms with Gasteiger partial charge in [-0.05, 0) is 5.56 Å². The van der Waals surface area contributed by atoms with Gasteiger partial charge in [0.2, 0.25) is 5.78 Å². The lowest BCUT2D eigenvalue weighted by molar-refractivity contribution is 0.707. The Morgan fingerprint density at radius 3 is 2.48 bits per heavy atom. The van der Waals surface area contributed by atoms with Crippen molar-refractivity contribution in [2.24, 2.45) is 19.8 Å². The van der Waals surface area contributed by atoms with Gasteiger partial charge in [0.15, 0.2) is 11.2 Å². The fraction of sp³-hybridized carbons (Fsp3) is 0.235. The highest BCUT2D eigenvalue weighted by Crippen LogP contribution is 2.24. The first-order chi connectivity index (χ1) is 12.0. The summed E-state index contributed by atoms with van der Waals surface area (Å²) in [7, 11) is 3.08. The minimum Gasteiger partial charge on any atom is -0.329 e. The van der Waals surface area contributed by atoms with Gasteiger partial charge in [-0.3, -0.25) is 18.3 Å². The third kappa shape index (κ3) is 2.07. The van der Waals surface area contributed by atoms with Crippen LogP contribution in [-0.4, -0.2) is 29.6 Å². The number of nitrogens with two attached hydrogens (primary N) is 1. The van der Waals surface area contributed by atoms with Crippen LogP contribution in [0, 0.1) is 0 Å². The Balaban J connectivity index is 2.17. The van der Waals surface area contributed by atoms with Gasteiger partial charge in [0.05, 0.1) is 5.69 Å². The molecule has 0 fully saturated rings. The van der Waals surface area contributed by atoms with Crippen LogP contribution in [0.15, 0.2) is 46.1 Å². The molecule has 4 rings (SSSR count). The van der Waals surface area contributed by atoms with Gasteiger partial charge in [0, 0.05) is 33.4 Å². The molecule has 4 aromatic rings. The largest absolute Gasteiger partial charge is 0.332 e. The van der Waals surface area contributed by atoms with E-state index in [2.05, 4.69) is 4.98 Å². The number of rotatable bonds is 3. The summed E-state index contributed by atoms with van der Waals surface area (Å²) in [6.07, 6.45) is 1.88. The lowest BCUT2D eigenvalue weighted by atomic mass is 10.2. The Labute approximate surface area is 142 Å². The highest BCUT2D eigenvalue weighted by Gasteiger charge is 2.20. The number of fused-ring (bicyclic) bond motifs is 3. The number of imidazole rings is 2. The van der Waals surface area contributed by atoms with Crippen molar-refractivity contribution in [3.05, 3.63) is 57.4 Å². The molecule has 0 amide bonds. The van der Waals surface area contributed by atoms with Gasteiger partial charge < -0.3 is 10.3 Å². The molecule has 2 N–H and O–H groups in total. The second-order valence-electron chi connectivity index (χ2n) is 5.98. The first-order valence-electron chi connectivity index (χ1n) is 7.97. The monoisotopic (exact) mass is 338 g/mol. The second-order valence-corrected chi connectivity index (χ2v) is 5.98. The molecular formula is C17H18N6O2. The zero-order valence-electron chi connectivity index (χ0n) is 14.0. The predicted molar refractivity (Wildman–Crippen MR) is 95.7 cm³/mol. The van der Waals surface area contributed by atoms with E-state index in [-0.39, 0.29) is 5.56 Å². The Kier molecular flexibility index (Phi) is 3.36. The Morgan fingerprint density at radius 1 is 1.08 bits per heavy atom. The summed E-state index contributed by atoms with van der Waals surface area (Å²) in [4.78, 5) is 29.4. The van der Waals surface area contributed by atoms with Crippen molar-refractivity contribution in [1.29, 1.82) is 0 Å². The molecule has 0 unspecified atom stereocenters. The maximum absolute atomic E-state index is 12.6. The fourth-order valence-corrected chi connectivity index (χ4v) is 3.20. The summed E-state index contributed by atoms with van der Waals surface area (Å²) >= 11 is 0. The Hall–Kier alpha value is -3.13. The van der Waals surface area contributed by atoms with Crippen molar-refractivity contribution < 1.29 is 0 Å². The van der Waals surface area contributed by atoms with Crippen LogP contribution in [0.25, 0.3) is 28.2 Å². The third-order valence-corrected chi connectivity index (χ3v) is 4.48. The number of benzene rings is 1. The van der Waals surface area contributed by atoms with Crippen LogP contribution in [-0.2, 0) is 20.6 Å². The van der Waals surface area contributed by atoms with Crippen LogP contribution >= 0.6 is 0 Å². The Morgan fingerprint density at radius 2 is 1.80 bits per heavy atom. The smallest absolute Gasteiger partial charge is 0.329 e. The van der Waals surface area contributed by atoms with E-state index in [0.717, 1.165) is 15.8 Å². The van der Waals surface area contributed by atoms with E-state index >= 15 is 0 Å². The van der Waals surface area contributed by atoms with Crippen LogP contribution in [0.2, 0.25) is 0 Å². The van der Waals surface area contributed by atoms with E-state index in [4.69, 9.17) is 5.73 Å². The summed E-state index contributed by atoms with van der Waals surface area (Å²) < 4.78 is 6.20. The highest BCUT2D eigenvalue weighted by atomic mass is 16.2. The van der Waals surface area contributed by atoms with Crippen molar-refractivity contribution >= 4 is 16.9 Å². The number of nitrogens with zero attached hydrogens (tertiary/aromatic N) is 5. The molecule has 1 aromatic carbocycles. The lowest BCUT2D eigenvalue weighted by Crippen LogP contribution is -2.37. The summed E-state index contributed by atoms with van der Waals surface area (Å²) in [6.45, 7) is 0.989. The molecule has 128 valence electrons. The average Bonchev–Trinajstić information content (AvgIpc) is 3.16. The molecule has 0 radical (unpaired) electrons. The van der Waals surface area contributed by atoms with Gasteiger partial charge in [0.1, 0.15) is 0 Å². The first-order valence-corrected chi connectivity index (χ1v) is 7.97. The molecule has 0 saturated carbocycles. The zero-order chi connectivity index (χ0) is 17.7. The van der Waals surface area contributed by atoms with Gasteiger partial charge in [0.25, 0.3) is 5.56 Å². The van der Waals surface area contributed by atoms with Gasteiger partial charge >= 0.3 is 5.69 Å². The molecule has 0 bridgehead atoms. The molecule has 25 heavy (non-hydrogen) atoms. The molecule has 0 aliphatic rings. The van der Waals surface area contributed by atoms with E-state index in [1.807, 2.05) is 41.1 Å². The first kappa shape index (κ1) is 15.4. The van der Waals surface area contributed by atoms with Crippen molar-refractivity contribution in [3.63, 3.8) is 0 Å². The molecular weight excluding hydrogens is 320 g/mol. The number of hydrogen-bond acceptors (Lipinski definition) is 4. The number of aryl methyl sites for hydroxylation is 1. The zero-order valence-corrected chi connectivity index (χ0v) is 14.0. The SMILES string of the molecule is Cn1c(=O)c2c(nc3n(CCN)c(-c4ccccc4)cn23)n(C)c1=O. The third-order valence-electron chi connectivity index (χ3n) is 4.48. The van der Waals surface area contributed by atoms with Gasteiger partial charge in [-0.2, -0.15) is 4.98 Å². The van der Waals surface area contributed by atoms with Crippen LogP contribution in [0.3, 0.4) is 0 Å². The van der Waals surface area contributed by atoms with Gasteiger partial charge in [-0.25, -0.2) is 4.79 Å². The maximum atomic E-state index is 12.6. The van der Waals surface area contributed by atoms with Crippen molar-refractivity contribution in [2.75, 3.05) is 6.54 Å². The van der Waals surface area contributed by atoms with E-state index in [1.54, 1.807) is 11.4 Å². The molecule has 0 saturated heterocycles. The minimum absolute atomic E-state index is 0.366. The summed E-state index contributed by atoms with van der Waals surface area (Å²) in [5.41, 5.74) is 7.70. The topological polar surface area (TPSA) is 92.2 Å². The maximum Gasteiger partial charge on any atom is 0.332 e. The summed E-state index contributed by atoms with van der Waals surface area (Å²) in [5.74, 6) is 0.595. The van der Waals surface area contributed by atoms with Gasteiger partial charge in [-0.15, -0.1) is 0 Å². The summed E-state index contributed by atoms with van der Waals surface area (Å²) in [5, 5.41) is 0.